The Morgan fingerprint density at radius 3 is 2.29 bits per heavy atom. The molecule has 0 aliphatic heterocycles. The third kappa shape index (κ3) is 3.06. The minimum atomic E-state index is -0.231. The predicted molar refractivity (Wildman–Crippen MR) is 95.0 cm³/mol. The zero-order valence-corrected chi connectivity index (χ0v) is 14.3. The second-order valence-corrected chi connectivity index (χ2v) is 6.00. The summed E-state index contributed by atoms with van der Waals surface area (Å²) in [6.45, 7) is 6.25. The van der Waals surface area contributed by atoms with Gasteiger partial charge in [0.1, 0.15) is 0 Å². The molecule has 0 aliphatic carbocycles. The van der Waals surface area contributed by atoms with Crippen molar-refractivity contribution >= 4 is 11.6 Å². The average Bonchev–Trinajstić information content (AvgIpc) is 2.89. The molecule has 0 unspecified atom stereocenters. The Morgan fingerprint density at radius 1 is 1.04 bits per heavy atom. The Morgan fingerprint density at radius 2 is 1.67 bits per heavy atom. The zero-order valence-electron chi connectivity index (χ0n) is 14.3. The van der Waals surface area contributed by atoms with Crippen LogP contribution < -0.4 is 5.32 Å². The lowest BCUT2D eigenvalue weighted by molar-refractivity contribution is 0.102. The molecule has 0 spiro atoms. The molecule has 0 atom stereocenters. The lowest BCUT2D eigenvalue weighted by Gasteiger charge is -2.11. The summed E-state index contributed by atoms with van der Waals surface area (Å²) in [6, 6.07) is 9.62. The van der Waals surface area contributed by atoms with E-state index in [2.05, 4.69) is 48.3 Å². The molecule has 0 bridgehead atoms. The van der Waals surface area contributed by atoms with Gasteiger partial charge in [0, 0.05) is 30.7 Å². The molecule has 0 fully saturated rings. The van der Waals surface area contributed by atoms with Gasteiger partial charge in [-0.2, -0.15) is 5.10 Å². The third-order valence-corrected chi connectivity index (χ3v) is 3.98. The van der Waals surface area contributed by atoms with E-state index in [4.69, 9.17) is 0 Å². The molecular formula is C19H20N4O. The molecule has 0 aliphatic rings. The summed E-state index contributed by atoms with van der Waals surface area (Å²) in [4.78, 5) is 16.4. The molecule has 3 rings (SSSR count). The molecule has 2 heterocycles. The van der Waals surface area contributed by atoms with Crippen LogP contribution in [0.15, 0.2) is 42.7 Å². The fourth-order valence-corrected chi connectivity index (χ4v) is 3.03. The fraction of sp³-hybridized carbons (Fsp3) is 0.211. The number of nitrogens with one attached hydrogen (secondary N) is 1. The largest absolute Gasteiger partial charge is 0.320 e. The highest BCUT2D eigenvalue weighted by Gasteiger charge is 2.17. The summed E-state index contributed by atoms with van der Waals surface area (Å²) in [6.07, 6.45) is 3.27. The van der Waals surface area contributed by atoms with E-state index in [0.717, 1.165) is 11.3 Å². The Labute approximate surface area is 141 Å². The maximum absolute atomic E-state index is 12.4. The first kappa shape index (κ1) is 15.9. The lowest BCUT2D eigenvalue weighted by Crippen LogP contribution is -2.12. The van der Waals surface area contributed by atoms with Crippen LogP contribution in [0.2, 0.25) is 0 Å². The standard InChI is InChI=1S/C19H20N4O/c1-12-9-13(2)18(14(3)10-12)17-11-16(22-23(17)4)19(24)21-15-5-7-20-8-6-15/h5-11H,1-4H3,(H,20,21,24). The molecule has 0 radical (unpaired) electrons. The highest BCUT2D eigenvalue weighted by atomic mass is 16.1. The van der Waals surface area contributed by atoms with Crippen molar-refractivity contribution in [1.82, 2.24) is 14.8 Å². The van der Waals surface area contributed by atoms with Crippen LogP contribution in [0.4, 0.5) is 5.69 Å². The van der Waals surface area contributed by atoms with Gasteiger partial charge in [-0.3, -0.25) is 14.5 Å². The van der Waals surface area contributed by atoms with Crippen molar-refractivity contribution in [2.45, 2.75) is 20.8 Å². The summed E-state index contributed by atoms with van der Waals surface area (Å²) < 4.78 is 1.76. The quantitative estimate of drug-likeness (QED) is 0.801. The van der Waals surface area contributed by atoms with Gasteiger partial charge >= 0.3 is 0 Å². The Balaban J connectivity index is 1.95. The molecule has 122 valence electrons. The van der Waals surface area contributed by atoms with Gasteiger partial charge in [-0.25, -0.2) is 0 Å². The lowest BCUT2D eigenvalue weighted by atomic mass is 9.97. The minimum Gasteiger partial charge on any atom is -0.320 e. The van der Waals surface area contributed by atoms with Crippen LogP contribution in [0.5, 0.6) is 0 Å². The summed E-state index contributed by atoms with van der Waals surface area (Å²) in [7, 11) is 1.86. The summed E-state index contributed by atoms with van der Waals surface area (Å²) in [5.41, 5.74) is 6.73. The van der Waals surface area contributed by atoms with Crippen molar-refractivity contribution < 1.29 is 4.79 Å². The number of carbonyl (C=O) groups excluding carboxylic acids is 1. The van der Waals surface area contributed by atoms with Crippen LogP contribution in [-0.2, 0) is 7.05 Å². The molecule has 24 heavy (non-hydrogen) atoms. The van der Waals surface area contributed by atoms with E-state index >= 15 is 0 Å². The number of pyridine rings is 1. The Hall–Kier alpha value is -2.95. The van der Waals surface area contributed by atoms with Crippen molar-refractivity contribution in [3.8, 4) is 11.3 Å². The molecular weight excluding hydrogens is 300 g/mol. The van der Waals surface area contributed by atoms with Crippen molar-refractivity contribution in [3.05, 3.63) is 65.1 Å². The van der Waals surface area contributed by atoms with Crippen molar-refractivity contribution in [2.75, 3.05) is 5.32 Å². The van der Waals surface area contributed by atoms with Crippen LogP contribution in [0.3, 0.4) is 0 Å². The molecule has 2 aromatic heterocycles. The maximum Gasteiger partial charge on any atom is 0.276 e. The van der Waals surface area contributed by atoms with Crippen molar-refractivity contribution in [1.29, 1.82) is 0 Å². The number of nitrogens with zero attached hydrogens (tertiary/aromatic N) is 3. The van der Waals surface area contributed by atoms with Crippen LogP contribution in [-0.4, -0.2) is 20.7 Å². The van der Waals surface area contributed by atoms with E-state index in [1.54, 1.807) is 29.2 Å². The zero-order chi connectivity index (χ0) is 17.3. The number of amides is 1. The monoisotopic (exact) mass is 320 g/mol. The maximum atomic E-state index is 12.4. The number of anilines is 1. The highest BCUT2D eigenvalue weighted by molar-refractivity contribution is 6.03. The Bertz CT molecular complexity index is 874. The Kier molecular flexibility index (Phi) is 4.16. The number of aryl methyl sites for hydroxylation is 4. The molecule has 1 amide bonds. The van der Waals surface area contributed by atoms with Crippen LogP contribution in [0, 0.1) is 20.8 Å². The van der Waals surface area contributed by atoms with Crippen molar-refractivity contribution in [2.24, 2.45) is 7.05 Å². The first-order chi connectivity index (χ1) is 11.5. The van der Waals surface area contributed by atoms with Gasteiger partial charge in [0.2, 0.25) is 0 Å². The van der Waals surface area contributed by atoms with Gasteiger partial charge in [0.25, 0.3) is 5.91 Å². The summed E-state index contributed by atoms with van der Waals surface area (Å²) in [5.74, 6) is -0.231. The van der Waals surface area contributed by atoms with Gasteiger partial charge in [0.05, 0.1) is 5.69 Å². The van der Waals surface area contributed by atoms with Gasteiger partial charge in [0.15, 0.2) is 5.69 Å². The molecule has 0 saturated heterocycles. The number of carbonyl (C=O) groups is 1. The summed E-state index contributed by atoms with van der Waals surface area (Å²) in [5, 5.41) is 7.21. The van der Waals surface area contributed by atoms with E-state index in [1.165, 1.54) is 16.7 Å². The van der Waals surface area contributed by atoms with Crippen LogP contribution in [0.1, 0.15) is 27.2 Å². The van der Waals surface area contributed by atoms with Gasteiger partial charge in [-0.15, -0.1) is 0 Å². The number of benzene rings is 1. The van der Waals surface area contributed by atoms with Gasteiger partial charge < -0.3 is 5.32 Å². The first-order valence-corrected chi connectivity index (χ1v) is 7.79. The van der Waals surface area contributed by atoms with E-state index in [1.807, 2.05) is 13.1 Å². The molecule has 5 heteroatoms. The second kappa shape index (κ2) is 6.28. The van der Waals surface area contributed by atoms with E-state index in [0.29, 0.717) is 11.4 Å². The number of aromatic nitrogens is 3. The molecule has 5 nitrogen and oxygen atoms in total. The number of hydrogen-bond acceptors (Lipinski definition) is 3. The smallest absolute Gasteiger partial charge is 0.276 e. The molecule has 3 aromatic rings. The fourth-order valence-electron chi connectivity index (χ4n) is 3.03. The number of rotatable bonds is 3. The SMILES string of the molecule is Cc1cc(C)c(-c2cc(C(=O)Nc3ccncc3)nn2C)c(C)c1. The van der Waals surface area contributed by atoms with Gasteiger partial charge in [-0.05, 0) is 50.1 Å². The molecule has 1 N–H and O–H groups in total. The second-order valence-electron chi connectivity index (χ2n) is 6.00. The summed E-state index contributed by atoms with van der Waals surface area (Å²) >= 11 is 0. The highest BCUT2D eigenvalue weighted by Crippen LogP contribution is 2.28. The normalized spacial score (nSPS) is 10.7. The van der Waals surface area contributed by atoms with Gasteiger partial charge in [-0.1, -0.05) is 17.7 Å². The van der Waals surface area contributed by atoms with Crippen molar-refractivity contribution in [3.63, 3.8) is 0 Å². The topological polar surface area (TPSA) is 59.8 Å². The molecule has 0 saturated carbocycles. The number of hydrogen-bond donors (Lipinski definition) is 1. The van der Waals surface area contributed by atoms with E-state index < -0.39 is 0 Å². The predicted octanol–water partition coefficient (Wildman–Crippen LogP) is 3.66. The van der Waals surface area contributed by atoms with Crippen LogP contribution >= 0.6 is 0 Å². The average molecular weight is 320 g/mol. The van der Waals surface area contributed by atoms with E-state index in [-0.39, 0.29) is 5.91 Å². The molecule has 1 aromatic carbocycles. The van der Waals surface area contributed by atoms with Crippen LogP contribution in [0.25, 0.3) is 11.3 Å². The third-order valence-electron chi connectivity index (χ3n) is 3.98. The van der Waals surface area contributed by atoms with E-state index in [9.17, 15) is 4.79 Å². The first-order valence-electron chi connectivity index (χ1n) is 7.79. The minimum absolute atomic E-state index is 0.231.